The maximum atomic E-state index is 12.5. The molecule has 2 aromatic heterocycles. The van der Waals surface area contributed by atoms with Crippen LogP contribution in [-0.2, 0) is 7.05 Å². The summed E-state index contributed by atoms with van der Waals surface area (Å²) < 4.78 is 7.49. The monoisotopic (exact) mass is 323 g/mol. The number of rotatable bonds is 2. The van der Waals surface area contributed by atoms with E-state index in [9.17, 15) is 4.79 Å². The molecule has 1 aliphatic heterocycles. The summed E-state index contributed by atoms with van der Waals surface area (Å²) in [5.41, 5.74) is 1.68. The Morgan fingerprint density at radius 2 is 2.42 bits per heavy atom. The van der Waals surface area contributed by atoms with Crippen molar-refractivity contribution < 1.29 is 9.21 Å². The summed E-state index contributed by atoms with van der Waals surface area (Å²) in [6.45, 7) is 0.779. The van der Waals surface area contributed by atoms with Crippen LogP contribution < -0.4 is 0 Å². The third kappa shape index (κ3) is 2.32. The van der Waals surface area contributed by atoms with Crippen molar-refractivity contribution in [1.29, 1.82) is 0 Å². The molecule has 100 valence electrons. The first-order valence-electron chi connectivity index (χ1n) is 6.18. The summed E-state index contributed by atoms with van der Waals surface area (Å²) in [7, 11) is 1.89. The lowest BCUT2D eigenvalue weighted by molar-refractivity contribution is 0.0735. The molecule has 1 aliphatic rings. The van der Waals surface area contributed by atoms with Gasteiger partial charge in [0.25, 0.3) is 5.91 Å². The number of hydrogen-bond acceptors (Lipinski definition) is 3. The van der Waals surface area contributed by atoms with Crippen molar-refractivity contribution in [2.45, 2.75) is 18.9 Å². The molecule has 0 aliphatic carbocycles. The van der Waals surface area contributed by atoms with E-state index >= 15 is 0 Å². The van der Waals surface area contributed by atoms with E-state index in [0.717, 1.165) is 24.9 Å². The highest BCUT2D eigenvalue weighted by Crippen LogP contribution is 2.33. The lowest BCUT2D eigenvalue weighted by Gasteiger charge is -2.23. The van der Waals surface area contributed by atoms with Crippen molar-refractivity contribution in [3.63, 3.8) is 0 Å². The van der Waals surface area contributed by atoms with Crippen LogP contribution in [0.4, 0.5) is 0 Å². The molecule has 1 amide bonds. The van der Waals surface area contributed by atoms with E-state index in [1.807, 2.05) is 24.3 Å². The van der Waals surface area contributed by atoms with Crippen LogP contribution in [0, 0.1) is 0 Å². The number of halogens is 1. The van der Waals surface area contributed by atoms with Gasteiger partial charge in [0.15, 0.2) is 4.67 Å². The highest BCUT2D eigenvalue weighted by molar-refractivity contribution is 9.10. The number of nitrogens with zero attached hydrogens (tertiary/aromatic N) is 3. The Morgan fingerprint density at radius 3 is 3.05 bits per heavy atom. The first kappa shape index (κ1) is 12.5. The number of hydrogen-bond donors (Lipinski definition) is 0. The maximum Gasteiger partial charge on any atom is 0.257 e. The molecule has 1 saturated heterocycles. The van der Waals surface area contributed by atoms with Crippen LogP contribution in [0.5, 0.6) is 0 Å². The molecule has 0 aromatic carbocycles. The number of furan rings is 1. The smallest absolute Gasteiger partial charge is 0.257 e. The molecule has 0 N–H and O–H groups in total. The third-order valence-corrected chi connectivity index (χ3v) is 3.85. The number of carbonyl (C=O) groups is 1. The zero-order valence-corrected chi connectivity index (χ0v) is 12.1. The molecule has 19 heavy (non-hydrogen) atoms. The zero-order chi connectivity index (χ0) is 13.4. The number of carbonyl (C=O) groups excluding carboxylic acids is 1. The maximum absolute atomic E-state index is 12.5. The van der Waals surface area contributed by atoms with Crippen molar-refractivity contribution in [1.82, 2.24) is 14.7 Å². The Balaban J connectivity index is 1.85. The summed E-state index contributed by atoms with van der Waals surface area (Å²) in [5.74, 6) is 0.0146. The van der Waals surface area contributed by atoms with Gasteiger partial charge in [-0.2, -0.15) is 5.10 Å². The van der Waals surface area contributed by atoms with Crippen molar-refractivity contribution in [2.24, 2.45) is 7.05 Å². The average molecular weight is 324 g/mol. The summed E-state index contributed by atoms with van der Waals surface area (Å²) in [4.78, 5) is 14.4. The van der Waals surface area contributed by atoms with Gasteiger partial charge < -0.3 is 9.32 Å². The zero-order valence-electron chi connectivity index (χ0n) is 10.5. The van der Waals surface area contributed by atoms with Crippen LogP contribution in [0.2, 0.25) is 0 Å². The third-order valence-electron chi connectivity index (χ3n) is 3.44. The minimum absolute atomic E-state index is 0.0146. The molecule has 1 atom stereocenters. The van der Waals surface area contributed by atoms with Crippen LogP contribution in [0.25, 0.3) is 0 Å². The van der Waals surface area contributed by atoms with Crippen LogP contribution in [-0.4, -0.2) is 27.1 Å². The molecular weight excluding hydrogens is 310 g/mol. The first-order chi connectivity index (χ1) is 9.15. The molecule has 0 radical (unpaired) electrons. The standard InChI is InChI=1S/C13H14BrN3O2/c1-16-7-10(6-15-16)11-3-2-4-17(11)13(18)9-5-12(14)19-8-9/h5-8,11H,2-4H2,1H3. The number of amides is 1. The Kier molecular flexibility index (Phi) is 3.18. The summed E-state index contributed by atoms with van der Waals surface area (Å²) in [5, 5.41) is 4.18. The Bertz CT molecular complexity index is 605. The molecule has 1 fully saturated rings. The molecular formula is C13H14BrN3O2. The predicted molar refractivity (Wildman–Crippen MR) is 72.6 cm³/mol. The van der Waals surface area contributed by atoms with E-state index in [4.69, 9.17) is 4.42 Å². The van der Waals surface area contributed by atoms with E-state index in [0.29, 0.717) is 10.2 Å². The van der Waals surface area contributed by atoms with E-state index in [1.54, 1.807) is 10.7 Å². The Hall–Kier alpha value is -1.56. The SMILES string of the molecule is Cn1cc(C2CCCN2C(=O)c2coc(Br)c2)cn1. The summed E-state index contributed by atoms with van der Waals surface area (Å²) in [6, 6.07) is 1.83. The topological polar surface area (TPSA) is 51.3 Å². The Labute approximate surface area is 119 Å². The van der Waals surface area contributed by atoms with Crippen LogP contribution in [0.1, 0.15) is 34.8 Å². The molecule has 3 rings (SSSR count). The molecule has 0 bridgehead atoms. The van der Waals surface area contributed by atoms with Gasteiger partial charge in [-0.3, -0.25) is 9.48 Å². The molecule has 1 unspecified atom stereocenters. The quantitative estimate of drug-likeness (QED) is 0.853. The second kappa shape index (κ2) is 4.85. The van der Waals surface area contributed by atoms with Gasteiger partial charge in [0, 0.05) is 31.4 Å². The van der Waals surface area contributed by atoms with Gasteiger partial charge in [-0.15, -0.1) is 0 Å². The van der Waals surface area contributed by atoms with Gasteiger partial charge in [-0.25, -0.2) is 0 Å². The molecule has 2 aromatic rings. The van der Waals surface area contributed by atoms with E-state index in [2.05, 4.69) is 21.0 Å². The van der Waals surface area contributed by atoms with Crippen molar-refractivity contribution in [3.8, 4) is 0 Å². The van der Waals surface area contributed by atoms with Gasteiger partial charge in [0.1, 0.15) is 6.26 Å². The van der Waals surface area contributed by atoms with E-state index < -0.39 is 0 Å². The van der Waals surface area contributed by atoms with Gasteiger partial charge in [-0.1, -0.05) is 0 Å². The fourth-order valence-corrected chi connectivity index (χ4v) is 2.90. The largest absolute Gasteiger partial charge is 0.457 e. The first-order valence-corrected chi connectivity index (χ1v) is 6.98. The predicted octanol–water partition coefficient (Wildman–Crippen LogP) is 2.75. The van der Waals surface area contributed by atoms with Crippen LogP contribution >= 0.6 is 15.9 Å². The number of likely N-dealkylation sites (tertiary alicyclic amines) is 1. The lowest BCUT2D eigenvalue weighted by Crippen LogP contribution is -2.30. The second-order valence-corrected chi connectivity index (χ2v) is 5.52. The Morgan fingerprint density at radius 1 is 1.58 bits per heavy atom. The van der Waals surface area contributed by atoms with Gasteiger partial charge >= 0.3 is 0 Å². The minimum atomic E-state index is 0.0146. The molecule has 0 spiro atoms. The van der Waals surface area contributed by atoms with Crippen LogP contribution in [0.15, 0.2) is 33.8 Å². The van der Waals surface area contributed by atoms with Crippen molar-refractivity contribution >= 4 is 21.8 Å². The van der Waals surface area contributed by atoms with Crippen molar-refractivity contribution in [3.05, 3.63) is 40.5 Å². The van der Waals surface area contributed by atoms with Gasteiger partial charge in [0.05, 0.1) is 17.8 Å². The van der Waals surface area contributed by atoms with Crippen LogP contribution in [0.3, 0.4) is 0 Å². The van der Waals surface area contributed by atoms with E-state index in [1.165, 1.54) is 6.26 Å². The van der Waals surface area contributed by atoms with Gasteiger partial charge in [-0.05, 0) is 28.8 Å². The fourth-order valence-electron chi connectivity index (χ4n) is 2.56. The fraction of sp³-hybridized carbons (Fsp3) is 0.385. The second-order valence-electron chi connectivity index (χ2n) is 4.74. The molecule has 6 heteroatoms. The minimum Gasteiger partial charge on any atom is -0.457 e. The molecule has 0 saturated carbocycles. The highest BCUT2D eigenvalue weighted by atomic mass is 79.9. The lowest BCUT2D eigenvalue weighted by atomic mass is 10.1. The number of aryl methyl sites for hydroxylation is 1. The molecule has 3 heterocycles. The molecule has 5 nitrogen and oxygen atoms in total. The normalized spacial score (nSPS) is 19.1. The average Bonchev–Trinajstić information content (AvgIpc) is 3.07. The van der Waals surface area contributed by atoms with Crippen molar-refractivity contribution in [2.75, 3.05) is 6.54 Å². The summed E-state index contributed by atoms with van der Waals surface area (Å²) in [6.07, 6.45) is 7.30. The summed E-state index contributed by atoms with van der Waals surface area (Å²) >= 11 is 3.22. The van der Waals surface area contributed by atoms with Gasteiger partial charge in [0.2, 0.25) is 0 Å². The highest BCUT2D eigenvalue weighted by Gasteiger charge is 2.31. The number of aromatic nitrogens is 2. The van der Waals surface area contributed by atoms with E-state index in [-0.39, 0.29) is 11.9 Å².